The molecule has 1 fully saturated rings. The lowest BCUT2D eigenvalue weighted by Crippen LogP contribution is -2.31. The minimum absolute atomic E-state index is 0.0218. The first kappa shape index (κ1) is 14.5. The minimum Gasteiger partial charge on any atom is -0.550 e. The molecule has 1 heterocycles. The van der Waals surface area contributed by atoms with Crippen LogP contribution in [-0.4, -0.2) is 28.8 Å². The summed E-state index contributed by atoms with van der Waals surface area (Å²) in [6.07, 6.45) is -0.146. The highest BCUT2D eigenvalue weighted by atomic mass is 32.2. The zero-order valence-electron chi connectivity index (χ0n) is 10.4. The van der Waals surface area contributed by atoms with Gasteiger partial charge < -0.3 is 9.90 Å². The van der Waals surface area contributed by atoms with Crippen LogP contribution in [0.15, 0.2) is 24.3 Å². The second-order valence-electron chi connectivity index (χ2n) is 4.23. The molecule has 1 unspecified atom stereocenters. The van der Waals surface area contributed by atoms with E-state index in [0.29, 0.717) is 5.69 Å². The van der Waals surface area contributed by atoms with E-state index in [2.05, 4.69) is 0 Å². The van der Waals surface area contributed by atoms with Gasteiger partial charge in [-0.3, -0.25) is 9.59 Å². The van der Waals surface area contributed by atoms with Crippen LogP contribution < -0.4 is 10.0 Å². The number of imide groups is 1. The van der Waals surface area contributed by atoms with E-state index in [1.54, 1.807) is 0 Å². The Kier molecular flexibility index (Phi) is 4.39. The first-order valence-corrected chi connectivity index (χ1v) is 6.97. The van der Waals surface area contributed by atoms with Gasteiger partial charge >= 0.3 is 0 Å². The van der Waals surface area contributed by atoms with Gasteiger partial charge in [-0.1, -0.05) is 0 Å². The molecule has 1 saturated heterocycles. The summed E-state index contributed by atoms with van der Waals surface area (Å²) >= 11 is 1.12. The minimum atomic E-state index is -1.19. The molecule has 0 radical (unpaired) electrons. The van der Waals surface area contributed by atoms with Crippen molar-refractivity contribution in [2.45, 2.75) is 18.1 Å². The number of nitrogens with zero attached hydrogens (tertiary/aromatic N) is 1. The second kappa shape index (κ2) is 6.04. The Labute approximate surface area is 118 Å². The summed E-state index contributed by atoms with van der Waals surface area (Å²) in [6.45, 7) is 0. The number of carbonyl (C=O) groups excluding carboxylic acids is 3. The Balaban J connectivity index is 2.05. The normalized spacial score (nSPS) is 18.6. The molecule has 1 aromatic rings. The molecule has 2 amide bonds. The lowest BCUT2D eigenvalue weighted by atomic mass is 10.3. The van der Waals surface area contributed by atoms with Crippen molar-refractivity contribution >= 4 is 35.2 Å². The highest BCUT2D eigenvalue weighted by Crippen LogP contribution is 2.29. The summed E-state index contributed by atoms with van der Waals surface area (Å²) in [5.74, 6) is -2.20. The summed E-state index contributed by atoms with van der Waals surface area (Å²) in [4.78, 5) is 35.3. The van der Waals surface area contributed by atoms with Crippen LogP contribution in [0, 0.1) is 5.82 Å². The first-order valence-electron chi connectivity index (χ1n) is 5.93. The maximum atomic E-state index is 12.8. The molecule has 0 saturated carbocycles. The maximum absolute atomic E-state index is 12.8. The molecule has 106 valence electrons. The SMILES string of the molecule is O=C([O-])CCSC1CC(=O)N(c2ccc(F)cc2)C1=O. The molecule has 7 heteroatoms. The van der Waals surface area contributed by atoms with Gasteiger partial charge in [-0.15, -0.1) is 11.8 Å². The second-order valence-corrected chi connectivity index (χ2v) is 5.54. The Morgan fingerprint density at radius 1 is 1.35 bits per heavy atom. The molecule has 0 bridgehead atoms. The molecule has 1 atom stereocenters. The van der Waals surface area contributed by atoms with Gasteiger partial charge in [0.1, 0.15) is 5.82 Å². The van der Waals surface area contributed by atoms with Gasteiger partial charge in [0.15, 0.2) is 0 Å². The third-order valence-electron chi connectivity index (χ3n) is 2.82. The molecular formula is C13H11FNO4S-. The number of hydrogen-bond acceptors (Lipinski definition) is 5. The van der Waals surface area contributed by atoms with Crippen molar-refractivity contribution in [3.8, 4) is 0 Å². The Hall–Kier alpha value is -1.89. The highest BCUT2D eigenvalue weighted by Gasteiger charge is 2.39. The molecule has 0 aliphatic carbocycles. The summed E-state index contributed by atoms with van der Waals surface area (Å²) in [5, 5.41) is 9.72. The largest absolute Gasteiger partial charge is 0.550 e. The number of hydrogen-bond donors (Lipinski definition) is 0. The highest BCUT2D eigenvalue weighted by molar-refractivity contribution is 8.00. The van der Waals surface area contributed by atoms with Crippen molar-refractivity contribution in [2.75, 3.05) is 10.7 Å². The average molecular weight is 296 g/mol. The van der Waals surface area contributed by atoms with Gasteiger partial charge in [0.25, 0.3) is 0 Å². The number of aliphatic carboxylic acids is 1. The number of halogens is 1. The van der Waals surface area contributed by atoms with Crippen LogP contribution in [0.5, 0.6) is 0 Å². The van der Waals surface area contributed by atoms with Crippen LogP contribution in [0.3, 0.4) is 0 Å². The lowest BCUT2D eigenvalue weighted by Gasteiger charge is -2.14. The van der Waals surface area contributed by atoms with E-state index in [9.17, 15) is 23.9 Å². The van der Waals surface area contributed by atoms with Crippen molar-refractivity contribution in [1.29, 1.82) is 0 Å². The number of carboxylic acids is 1. The summed E-state index contributed by atoms with van der Waals surface area (Å²) < 4.78 is 12.8. The number of amides is 2. The van der Waals surface area contributed by atoms with Gasteiger partial charge in [-0.25, -0.2) is 9.29 Å². The van der Waals surface area contributed by atoms with Gasteiger partial charge in [0.2, 0.25) is 11.8 Å². The lowest BCUT2D eigenvalue weighted by molar-refractivity contribution is -0.305. The smallest absolute Gasteiger partial charge is 0.247 e. The van der Waals surface area contributed by atoms with Crippen molar-refractivity contribution in [3.63, 3.8) is 0 Å². The third kappa shape index (κ3) is 3.16. The Morgan fingerprint density at radius 2 is 2.00 bits per heavy atom. The molecule has 20 heavy (non-hydrogen) atoms. The summed E-state index contributed by atoms with van der Waals surface area (Å²) in [5.41, 5.74) is 0.324. The van der Waals surface area contributed by atoms with Crippen molar-refractivity contribution < 1.29 is 23.9 Å². The van der Waals surface area contributed by atoms with Crippen molar-refractivity contribution in [3.05, 3.63) is 30.1 Å². The van der Waals surface area contributed by atoms with Crippen LogP contribution in [0.25, 0.3) is 0 Å². The predicted octanol–water partition coefficient (Wildman–Crippen LogP) is 0.331. The summed E-state index contributed by atoms with van der Waals surface area (Å²) in [7, 11) is 0. The first-order chi connectivity index (χ1) is 9.49. The van der Waals surface area contributed by atoms with E-state index >= 15 is 0 Å². The molecule has 1 aliphatic rings. The third-order valence-corrected chi connectivity index (χ3v) is 4.03. The molecule has 1 aromatic carbocycles. The van der Waals surface area contributed by atoms with E-state index < -0.39 is 22.9 Å². The van der Waals surface area contributed by atoms with Crippen molar-refractivity contribution in [2.24, 2.45) is 0 Å². The van der Waals surface area contributed by atoms with Crippen LogP contribution in [0.4, 0.5) is 10.1 Å². The van der Waals surface area contributed by atoms with Crippen molar-refractivity contribution in [1.82, 2.24) is 0 Å². The zero-order valence-corrected chi connectivity index (χ0v) is 11.2. The number of rotatable bonds is 5. The van der Waals surface area contributed by atoms with Gasteiger partial charge in [-0.05, 0) is 36.4 Å². The summed E-state index contributed by atoms with van der Waals surface area (Å²) in [6, 6.07) is 5.07. The predicted molar refractivity (Wildman–Crippen MR) is 69.4 cm³/mol. The molecule has 2 rings (SSSR count). The molecule has 5 nitrogen and oxygen atoms in total. The number of carbonyl (C=O) groups is 3. The number of carboxylic acid groups (broad SMARTS) is 1. The number of benzene rings is 1. The Bertz CT molecular complexity index is 546. The fraction of sp³-hybridized carbons (Fsp3) is 0.308. The van der Waals surface area contributed by atoms with Crippen LogP contribution >= 0.6 is 11.8 Å². The standard InChI is InChI=1S/C13H12FNO4S/c14-8-1-3-9(4-2-8)15-11(16)7-10(13(15)19)20-6-5-12(17)18/h1-4,10H,5-7H2,(H,17,18)/p-1. The van der Waals surface area contributed by atoms with E-state index in [0.717, 1.165) is 16.7 Å². The van der Waals surface area contributed by atoms with Crippen LogP contribution in [0.2, 0.25) is 0 Å². The average Bonchev–Trinajstić information content (AvgIpc) is 2.66. The van der Waals surface area contributed by atoms with E-state index in [1.807, 2.05) is 0 Å². The molecule has 0 aromatic heterocycles. The van der Waals surface area contributed by atoms with Gasteiger partial charge in [-0.2, -0.15) is 0 Å². The monoisotopic (exact) mass is 296 g/mol. The van der Waals surface area contributed by atoms with Gasteiger partial charge in [0, 0.05) is 12.4 Å². The molecule has 0 N–H and O–H groups in total. The van der Waals surface area contributed by atoms with Crippen LogP contribution in [-0.2, 0) is 14.4 Å². The number of thioether (sulfide) groups is 1. The van der Waals surface area contributed by atoms with E-state index in [-0.39, 0.29) is 24.5 Å². The van der Waals surface area contributed by atoms with Crippen LogP contribution in [0.1, 0.15) is 12.8 Å². The molecular weight excluding hydrogens is 285 g/mol. The maximum Gasteiger partial charge on any atom is 0.247 e. The van der Waals surface area contributed by atoms with Gasteiger partial charge in [0.05, 0.1) is 10.9 Å². The topological polar surface area (TPSA) is 77.5 Å². The van der Waals surface area contributed by atoms with E-state index in [4.69, 9.17) is 0 Å². The number of anilines is 1. The fourth-order valence-electron chi connectivity index (χ4n) is 1.88. The van der Waals surface area contributed by atoms with E-state index in [1.165, 1.54) is 24.3 Å². The molecule has 0 spiro atoms. The quantitative estimate of drug-likeness (QED) is 0.732. The fourth-order valence-corrected chi connectivity index (χ4v) is 2.96. The molecule has 1 aliphatic heterocycles. The zero-order chi connectivity index (χ0) is 14.7. The Morgan fingerprint density at radius 3 is 2.60 bits per heavy atom.